The molecule has 1 aromatic heterocycles. The first-order valence-electron chi connectivity index (χ1n) is 11.1. The molecule has 2 aromatic carbocycles. The first-order valence-corrected chi connectivity index (χ1v) is 11.1. The van der Waals surface area contributed by atoms with E-state index in [0.29, 0.717) is 12.1 Å². The molecule has 1 atom stereocenters. The molecule has 2 heterocycles. The van der Waals surface area contributed by atoms with E-state index in [1.54, 1.807) is 12.1 Å². The maximum atomic E-state index is 13.1. The van der Waals surface area contributed by atoms with Crippen LogP contribution in [0.4, 0.5) is 11.4 Å². The Hall–Kier alpha value is -3.54. The zero-order chi connectivity index (χ0) is 22.3. The van der Waals surface area contributed by atoms with Crippen LogP contribution in [-0.4, -0.2) is 30.9 Å². The predicted octanol–water partition coefficient (Wildman–Crippen LogP) is 4.50. The fourth-order valence-electron chi connectivity index (χ4n) is 3.95. The lowest BCUT2D eigenvalue weighted by atomic mass is 9.99. The Kier molecular flexibility index (Phi) is 6.90. The highest BCUT2D eigenvalue weighted by Gasteiger charge is 2.23. The molecule has 0 saturated carbocycles. The number of nitrogens with one attached hydrogen (secondary N) is 2. The van der Waals surface area contributed by atoms with Gasteiger partial charge in [0.1, 0.15) is 6.04 Å². The zero-order valence-electron chi connectivity index (χ0n) is 18.3. The minimum Gasteiger partial charge on any atom is -0.459 e. The van der Waals surface area contributed by atoms with Crippen molar-refractivity contribution in [2.24, 2.45) is 5.92 Å². The molecule has 3 aromatic rings. The van der Waals surface area contributed by atoms with Crippen molar-refractivity contribution < 1.29 is 14.0 Å². The molecule has 1 unspecified atom stereocenters. The highest BCUT2D eigenvalue weighted by molar-refractivity contribution is 6.00. The van der Waals surface area contributed by atoms with Crippen molar-refractivity contribution >= 4 is 23.2 Å². The Labute approximate surface area is 188 Å². The van der Waals surface area contributed by atoms with Crippen LogP contribution in [0.15, 0.2) is 77.4 Å². The van der Waals surface area contributed by atoms with E-state index in [0.717, 1.165) is 24.6 Å². The summed E-state index contributed by atoms with van der Waals surface area (Å²) in [6.45, 7) is 4.42. The average Bonchev–Trinajstić information content (AvgIpc) is 3.36. The van der Waals surface area contributed by atoms with Crippen molar-refractivity contribution in [2.45, 2.75) is 32.2 Å². The van der Waals surface area contributed by atoms with Crippen LogP contribution in [0.1, 0.15) is 35.9 Å². The lowest BCUT2D eigenvalue weighted by Gasteiger charge is -2.32. The second-order valence-corrected chi connectivity index (χ2v) is 8.40. The fourth-order valence-corrected chi connectivity index (χ4v) is 3.95. The molecule has 1 fully saturated rings. The van der Waals surface area contributed by atoms with Crippen LogP contribution in [0.3, 0.4) is 0 Å². The number of carbonyl (C=O) groups is 2. The van der Waals surface area contributed by atoms with Crippen LogP contribution in [0.2, 0.25) is 0 Å². The number of hydrogen-bond donors (Lipinski definition) is 2. The molecule has 6 nitrogen and oxygen atoms in total. The number of rotatable bonds is 7. The van der Waals surface area contributed by atoms with Crippen molar-refractivity contribution in [1.82, 2.24) is 5.32 Å². The molecule has 166 valence electrons. The monoisotopic (exact) mass is 431 g/mol. The summed E-state index contributed by atoms with van der Waals surface area (Å²) in [7, 11) is 0. The summed E-state index contributed by atoms with van der Waals surface area (Å²) in [4.78, 5) is 28.0. The lowest BCUT2D eigenvalue weighted by Crippen LogP contribution is -2.45. The van der Waals surface area contributed by atoms with Crippen molar-refractivity contribution in [3.05, 3.63) is 84.3 Å². The van der Waals surface area contributed by atoms with Crippen LogP contribution in [-0.2, 0) is 11.2 Å². The molecule has 0 aliphatic carbocycles. The van der Waals surface area contributed by atoms with Crippen LogP contribution < -0.4 is 15.5 Å². The van der Waals surface area contributed by atoms with Gasteiger partial charge in [-0.1, -0.05) is 37.3 Å². The largest absolute Gasteiger partial charge is 0.459 e. The van der Waals surface area contributed by atoms with Gasteiger partial charge in [-0.3, -0.25) is 9.59 Å². The third kappa shape index (κ3) is 5.58. The van der Waals surface area contributed by atoms with E-state index < -0.39 is 11.9 Å². The number of furan rings is 1. The highest BCUT2D eigenvalue weighted by atomic mass is 16.3. The average molecular weight is 432 g/mol. The summed E-state index contributed by atoms with van der Waals surface area (Å²) < 4.78 is 5.17. The number of piperidine rings is 1. The second-order valence-electron chi connectivity index (χ2n) is 8.40. The number of hydrogen-bond acceptors (Lipinski definition) is 4. The van der Waals surface area contributed by atoms with Crippen molar-refractivity contribution in [3.63, 3.8) is 0 Å². The summed E-state index contributed by atoms with van der Waals surface area (Å²) >= 11 is 0. The van der Waals surface area contributed by atoms with Gasteiger partial charge < -0.3 is 20.0 Å². The Bertz CT molecular complexity index is 1010. The quantitative estimate of drug-likeness (QED) is 0.578. The van der Waals surface area contributed by atoms with Gasteiger partial charge in [0, 0.05) is 30.9 Å². The smallest absolute Gasteiger partial charge is 0.287 e. The molecule has 0 radical (unpaired) electrons. The summed E-state index contributed by atoms with van der Waals surface area (Å²) in [6.07, 6.45) is 4.22. The predicted molar refractivity (Wildman–Crippen MR) is 126 cm³/mol. The van der Waals surface area contributed by atoms with E-state index in [1.165, 1.54) is 24.8 Å². The van der Waals surface area contributed by atoms with Gasteiger partial charge >= 0.3 is 0 Å². The molecular weight excluding hydrogens is 402 g/mol. The topological polar surface area (TPSA) is 74.6 Å². The number of carbonyl (C=O) groups excluding carboxylic acids is 2. The molecule has 1 aliphatic heterocycles. The molecule has 1 saturated heterocycles. The van der Waals surface area contributed by atoms with Gasteiger partial charge in [-0.2, -0.15) is 0 Å². The van der Waals surface area contributed by atoms with Gasteiger partial charge in [0.25, 0.3) is 5.91 Å². The normalized spacial score (nSPS) is 15.2. The minimum atomic E-state index is -0.738. The summed E-state index contributed by atoms with van der Waals surface area (Å²) in [5.41, 5.74) is 2.83. The third-order valence-electron chi connectivity index (χ3n) is 5.93. The van der Waals surface area contributed by atoms with E-state index in [4.69, 9.17) is 4.42 Å². The Balaban J connectivity index is 1.43. The van der Waals surface area contributed by atoms with Gasteiger partial charge in [-0.15, -0.1) is 0 Å². The Morgan fingerprint density at radius 3 is 2.38 bits per heavy atom. The highest BCUT2D eigenvalue weighted by Crippen LogP contribution is 2.24. The molecule has 1 aliphatic rings. The summed E-state index contributed by atoms with van der Waals surface area (Å²) in [6, 6.07) is 20.0. The van der Waals surface area contributed by atoms with E-state index in [1.807, 2.05) is 54.6 Å². The van der Waals surface area contributed by atoms with Crippen LogP contribution in [0.25, 0.3) is 0 Å². The van der Waals surface area contributed by atoms with Crippen molar-refractivity contribution in [3.8, 4) is 0 Å². The van der Waals surface area contributed by atoms with Gasteiger partial charge in [0.2, 0.25) is 5.91 Å². The summed E-state index contributed by atoms with van der Waals surface area (Å²) in [5, 5.41) is 5.75. The molecule has 32 heavy (non-hydrogen) atoms. The Morgan fingerprint density at radius 1 is 1.00 bits per heavy atom. The molecule has 4 rings (SSSR count). The van der Waals surface area contributed by atoms with Gasteiger partial charge in [-0.25, -0.2) is 0 Å². The van der Waals surface area contributed by atoms with Crippen molar-refractivity contribution in [2.75, 3.05) is 23.3 Å². The molecule has 2 amide bonds. The SMILES string of the molecule is CC1CCN(c2ccc(NC(=O)C(Cc3ccccc3)NC(=O)c3ccco3)cc2)CC1. The lowest BCUT2D eigenvalue weighted by molar-refractivity contribution is -0.118. The molecule has 0 bridgehead atoms. The van der Waals surface area contributed by atoms with Gasteiger partial charge in [-0.05, 0) is 60.7 Å². The van der Waals surface area contributed by atoms with Crippen molar-refractivity contribution in [1.29, 1.82) is 0 Å². The van der Waals surface area contributed by atoms with Gasteiger partial charge in [0.05, 0.1) is 6.26 Å². The second kappa shape index (κ2) is 10.2. The fraction of sp³-hybridized carbons (Fsp3) is 0.308. The molecule has 6 heteroatoms. The van der Waals surface area contributed by atoms with E-state index in [9.17, 15) is 9.59 Å². The van der Waals surface area contributed by atoms with Crippen LogP contribution in [0.5, 0.6) is 0 Å². The number of benzene rings is 2. The maximum Gasteiger partial charge on any atom is 0.287 e. The van der Waals surface area contributed by atoms with E-state index in [2.05, 4.69) is 22.5 Å². The van der Waals surface area contributed by atoms with E-state index in [-0.39, 0.29) is 11.7 Å². The zero-order valence-corrected chi connectivity index (χ0v) is 18.3. The number of nitrogens with zero attached hydrogens (tertiary/aromatic N) is 1. The summed E-state index contributed by atoms with van der Waals surface area (Å²) in [5.74, 6) is 0.271. The molecule has 0 spiro atoms. The maximum absolute atomic E-state index is 13.1. The number of amides is 2. The molecule has 2 N–H and O–H groups in total. The first-order chi connectivity index (χ1) is 15.6. The molecular formula is C26H29N3O3. The first kappa shape index (κ1) is 21.7. The van der Waals surface area contributed by atoms with Gasteiger partial charge in [0.15, 0.2) is 5.76 Å². The number of anilines is 2. The van der Waals surface area contributed by atoms with E-state index >= 15 is 0 Å². The Morgan fingerprint density at radius 2 is 1.72 bits per heavy atom. The standard InChI is InChI=1S/C26H29N3O3/c1-19-13-15-29(16-14-19)22-11-9-21(10-12-22)27-25(30)23(18-20-6-3-2-4-7-20)28-26(31)24-8-5-17-32-24/h2-12,17,19,23H,13-16,18H2,1H3,(H,27,30)(H,28,31). The minimum absolute atomic E-state index is 0.177. The van der Waals surface area contributed by atoms with Crippen LogP contribution >= 0.6 is 0 Å². The third-order valence-corrected chi connectivity index (χ3v) is 5.93. The van der Waals surface area contributed by atoms with Crippen LogP contribution in [0, 0.1) is 5.92 Å².